The van der Waals surface area contributed by atoms with Gasteiger partial charge in [0.15, 0.2) is 5.65 Å². The number of fused-ring (bicyclic) bond motifs is 1. The van der Waals surface area contributed by atoms with Gasteiger partial charge in [-0.3, -0.25) is 9.48 Å². The maximum Gasteiger partial charge on any atom is 0.255 e. The largest absolute Gasteiger partial charge is 0.337 e. The van der Waals surface area contributed by atoms with Gasteiger partial charge in [0.25, 0.3) is 5.91 Å². The second-order valence-corrected chi connectivity index (χ2v) is 5.37. The summed E-state index contributed by atoms with van der Waals surface area (Å²) in [4.78, 5) is 18.7. The zero-order valence-electron chi connectivity index (χ0n) is 12.1. The molecule has 6 heteroatoms. The minimum absolute atomic E-state index is 0.0244. The van der Waals surface area contributed by atoms with E-state index in [-0.39, 0.29) is 11.9 Å². The first-order valence-corrected chi connectivity index (χ1v) is 6.85. The molecule has 1 aliphatic heterocycles. The summed E-state index contributed by atoms with van der Waals surface area (Å²) >= 11 is 0. The average Bonchev–Trinajstić information content (AvgIpc) is 3.07. The summed E-state index contributed by atoms with van der Waals surface area (Å²) in [6.07, 6.45) is 2.65. The van der Waals surface area contributed by atoms with Crippen molar-refractivity contribution in [3.05, 3.63) is 23.5 Å². The lowest BCUT2D eigenvalue weighted by atomic mass is 10.1. The van der Waals surface area contributed by atoms with Crippen molar-refractivity contribution in [3.8, 4) is 0 Å². The van der Waals surface area contributed by atoms with Crippen LogP contribution in [0.25, 0.3) is 11.0 Å². The lowest BCUT2D eigenvalue weighted by Gasteiger charge is -2.23. The summed E-state index contributed by atoms with van der Waals surface area (Å²) in [6.45, 7) is 3.77. The van der Waals surface area contributed by atoms with Crippen LogP contribution in [0.2, 0.25) is 0 Å². The maximum atomic E-state index is 12.5. The van der Waals surface area contributed by atoms with Crippen LogP contribution in [0.1, 0.15) is 22.5 Å². The van der Waals surface area contributed by atoms with Crippen LogP contribution in [0, 0.1) is 6.92 Å². The van der Waals surface area contributed by atoms with Crippen LogP contribution in [-0.2, 0) is 7.05 Å². The quantitative estimate of drug-likeness (QED) is 0.875. The van der Waals surface area contributed by atoms with E-state index in [4.69, 9.17) is 0 Å². The van der Waals surface area contributed by atoms with Crippen molar-refractivity contribution in [3.63, 3.8) is 0 Å². The molecule has 0 aromatic carbocycles. The highest BCUT2D eigenvalue weighted by Crippen LogP contribution is 2.18. The van der Waals surface area contributed by atoms with Crippen molar-refractivity contribution < 1.29 is 4.79 Å². The SMILES string of the molecule is Cc1nn(C)c2ncc(C(=O)N(C)C3CCNC3)cc12. The van der Waals surface area contributed by atoms with Gasteiger partial charge in [0.05, 0.1) is 11.3 Å². The van der Waals surface area contributed by atoms with Crippen molar-refractivity contribution in [2.24, 2.45) is 7.05 Å². The number of amides is 1. The van der Waals surface area contributed by atoms with Gasteiger partial charge in [0.2, 0.25) is 0 Å². The van der Waals surface area contributed by atoms with E-state index in [1.807, 2.05) is 32.0 Å². The molecule has 1 aliphatic rings. The van der Waals surface area contributed by atoms with E-state index in [0.29, 0.717) is 5.56 Å². The van der Waals surface area contributed by atoms with Crippen molar-refractivity contribution >= 4 is 16.9 Å². The summed E-state index contributed by atoms with van der Waals surface area (Å²) in [7, 11) is 3.72. The molecule has 3 rings (SSSR count). The van der Waals surface area contributed by atoms with Crippen LogP contribution in [0.5, 0.6) is 0 Å². The van der Waals surface area contributed by atoms with Crippen molar-refractivity contribution in [1.82, 2.24) is 25.0 Å². The standard InChI is InChI=1S/C14H19N5O/c1-9-12-6-10(7-16-13(12)19(3)17-9)14(20)18(2)11-4-5-15-8-11/h6-7,11,15H,4-5,8H2,1-3H3. The Labute approximate surface area is 117 Å². The van der Waals surface area contributed by atoms with E-state index in [9.17, 15) is 4.79 Å². The summed E-state index contributed by atoms with van der Waals surface area (Å²) < 4.78 is 1.74. The topological polar surface area (TPSA) is 63.1 Å². The minimum atomic E-state index is 0.0244. The van der Waals surface area contributed by atoms with Crippen molar-refractivity contribution in [2.45, 2.75) is 19.4 Å². The van der Waals surface area contributed by atoms with Gasteiger partial charge < -0.3 is 10.2 Å². The number of aromatic nitrogens is 3. The van der Waals surface area contributed by atoms with Gasteiger partial charge in [-0.2, -0.15) is 5.10 Å². The molecular formula is C14H19N5O. The zero-order chi connectivity index (χ0) is 14.3. The molecule has 2 aromatic heterocycles. The predicted octanol–water partition coefficient (Wildman–Crippen LogP) is 0.711. The second-order valence-electron chi connectivity index (χ2n) is 5.37. The number of hydrogen-bond donors (Lipinski definition) is 1. The number of aryl methyl sites for hydroxylation is 2. The molecular weight excluding hydrogens is 254 g/mol. The fourth-order valence-corrected chi connectivity index (χ4v) is 2.76. The van der Waals surface area contributed by atoms with E-state index in [1.54, 1.807) is 10.9 Å². The van der Waals surface area contributed by atoms with Crippen LogP contribution in [-0.4, -0.2) is 51.8 Å². The monoisotopic (exact) mass is 273 g/mol. The van der Waals surface area contributed by atoms with Crippen molar-refractivity contribution in [1.29, 1.82) is 0 Å². The van der Waals surface area contributed by atoms with Gasteiger partial charge in [-0.25, -0.2) is 4.98 Å². The number of nitrogens with one attached hydrogen (secondary N) is 1. The number of rotatable bonds is 2. The Hall–Kier alpha value is -1.95. The third-order valence-electron chi connectivity index (χ3n) is 4.01. The highest BCUT2D eigenvalue weighted by Gasteiger charge is 2.24. The van der Waals surface area contributed by atoms with Crippen LogP contribution in [0.3, 0.4) is 0 Å². The Bertz CT molecular complexity index is 657. The van der Waals surface area contributed by atoms with E-state index in [0.717, 1.165) is 36.2 Å². The molecule has 1 atom stereocenters. The van der Waals surface area contributed by atoms with Gasteiger partial charge in [-0.05, 0) is 26.0 Å². The number of hydrogen-bond acceptors (Lipinski definition) is 4. The zero-order valence-corrected chi connectivity index (χ0v) is 12.1. The summed E-state index contributed by atoms with van der Waals surface area (Å²) in [6, 6.07) is 2.17. The normalized spacial score (nSPS) is 18.6. The minimum Gasteiger partial charge on any atom is -0.337 e. The van der Waals surface area contributed by atoms with E-state index in [1.165, 1.54) is 0 Å². The highest BCUT2D eigenvalue weighted by atomic mass is 16.2. The smallest absolute Gasteiger partial charge is 0.255 e. The first-order valence-electron chi connectivity index (χ1n) is 6.85. The second kappa shape index (κ2) is 4.86. The molecule has 106 valence electrons. The Balaban J connectivity index is 1.93. The average molecular weight is 273 g/mol. The maximum absolute atomic E-state index is 12.5. The van der Waals surface area contributed by atoms with E-state index in [2.05, 4.69) is 15.4 Å². The number of pyridine rings is 1. The fraction of sp³-hybridized carbons (Fsp3) is 0.500. The van der Waals surface area contributed by atoms with E-state index >= 15 is 0 Å². The summed E-state index contributed by atoms with van der Waals surface area (Å²) in [5, 5.41) is 8.55. The van der Waals surface area contributed by atoms with Gasteiger partial charge in [-0.15, -0.1) is 0 Å². The Kier molecular flexibility index (Phi) is 3.17. The molecule has 20 heavy (non-hydrogen) atoms. The van der Waals surface area contributed by atoms with E-state index < -0.39 is 0 Å². The molecule has 1 fully saturated rings. The van der Waals surface area contributed by atoms with Crippen LogP contribution in [0.15, 0.2) is 12.3 Å². The number of carbonyl (C=O) groups is 1. The molecule has 2 aromatic rings. The lowest BCUT2D eigenvalue weighted by Crippen LogP contribution is -2.38. The molecule has 6 nitrogen and oxygen atoms in total. The van der Waals surface area contributed by atoms with Crippen molar-refractivity contribution in [2.75, 3.05) is 20.1 Å². The lowest BCUT2D eigenvalue weighted by molar-refractivity contribution is 0.0743. The molecule has 0 saturated carbocycles. The van der Waals surface area contributed by atoms with Gasteiger partial charge in [-0.1, -0.05) is 0 Å². The molecule has 0 radical (unpaired) electrons. The summed E-state index contributed by atoms with van der Waals surface area (Å²) in [5.41, 5.74) is 2.34. The Morgan fingerprint density at radius 1 is 1.55 bits per heavy atom. The molecule has 0 aliphatic carbocycles. The molecule has 1 unspecified atom stereocenters. The van der Waals surface area contributed by atoms with Gasteiger partial charge in [0.1, 0.15) is 0 Å². The first kappa shape index (κ1) is 13.1. The third-order valence-corrected chi connectivity index (χ3v) is 4.01. The molecule has 0 spiro atoms. The molecule has 1 N–H and O–H groups in total. The number of likely N-dealkylation sites (N-methyl/N-ethyl adjacent to an activating group) is 1. The van der Waals surface area contributed by atoms with Crippen LogP contribution < -0.4 is 5.32 Å². The van der Waals surface area contributed by atoms with Crippen LogP contribution >= 0.6 is 0 Å². The third kappa shape index (κ3) is 2.06. The molecule has 0 bridgehead atoms. The Morgan fingerprint density at radius 3 is 3.05 bits per heavy atom. The predicted molar refractivity (Wildman–Crippen MR) is 76.6 cm³/mol. The molecule has 1 amide bonds. The first-order chi connectivity index (χ1) is 9.58. The number of nitrogens with zero attached hydrogens (tertiary/aromatic N) is 4. The van der Waals surface area contributed by atoms with Gasteiger partial charge in [0, 0.05) is 38.3 Å². The molecule has 1 saturated heterocycles. The number of carbonyl (C=O) groups excluding carboxylic acids is 1. The summed E-state index contributed by atoms with van der Waals surface area (Å²) in [5.74, 6) is 0.0244. The fourth-order valence-electron chi connectivity index (χ4n) is 2.76. The van der Waals surface area contributed by atoms with Gasteiger partial charge >= 0.3 is 0 Å². The van der Waals surface area contributed by atoms with Crippen LogP contribution in [0.4, 0.5) is 0 Å². The highest BCUT2D eigenvalue weighted by molar-refractivity contribution is 5.97. The molecule has 3 heterocycles. The Morgan fingerprint density at radius 2 is 2.35 bits per heavy atom.